The molecule has 4 rings (SSSR count). The second-order valence-corrected chi connectivity index (χ2v) is 20.8. The lowest BCUT2D eigenvalue weighted by molar-refractivity contribution is -0.155. The van der Waals surface area contributed by atoms with Crippen molar-refractivity contribution in [2.45, 2.75) is 174 Å². The second kappa shape index (κ2) is 10.6. The third-order valence-electron chi connectivity index (χ3n) is 13.0. The molecule has 4 aliphatic rings. The molecule has 0 saturated heterocycles. The van der Waals surface area contributed by atoms with Crippen molar-refractivity contribution in [3.05, 3.63) is 0 Å². The molecule has 0 bridgehead atoms. The third kappa shape index (κ3) is 5.42. The highest BCUT2D eigenvalue weighted by Crippen LogP contribution is 2.67. The van der Waals surface area contributed by atoms with E-state index in [0.29, 0.717) is 22.0 Å². The maximum absolute atomic E-state index is 11.6. The minimum absolute atomic E-state index is 0.290. The van der Waals surface area contributed by atoms with Crippen LogP contribution in [0.5, 0.6) is 0 Å². The molecule has 8 atom stereocenters. The van der Waals surface area contributed by atoms with Crippen molar-refractivity contribution in [2.75, 3.05) is 0 Å². The molecule has 0 radical (unpaired) electrons. The van der Waals surface area contributed by atoms with E-state index in [9.17, 15) is 5.11 Å². The van der Waals surface area contributed by atoms with Crippen LogP contribution < -0.4 is 0 Å². The van der Waals surface area contributed by atoms with E-state index in [1.54, 1.807) is 0 Å². The van der Waals surface area contributed by atoms with Gasteiger partial charge in [0, 0.05) is 0 Å². The van der Waals surface area contributed by atoms with E-state index in [1.807, 2.05) is 0 Å². The fourth-order valence-electron chi connectivity index (χ4n) is 9.46. The van der Waals surface area contributed by atoms with E-state index in [-0.39, 0.29) is 5.60 Å². The highest BCUT2D eigenvalue weighted by Gasteiger charge is 2.62. The van der Waals surface area contributed by atoms with Crippen LogP contribution in [0.25, 0.3) is 0 Å². The number of fused-ring (bicyclic) bond motifs is 5. The fourth-order valence-corrected chi connectivity index (χ4v) is 10.9. The molecule has 0 spiro atoms. The summed E-state index contributed by atoms with van der Waals surface area (Å²) in [5, 5.41) is 11.9. The largest absolute Gasteiger partial charge is 0.413 e. The molecule has 4 aliphatic carbocycles. The Balaban J connectivity index is 1.38. The quantitative estimate of drug-likeness (QED) is 0.243. The first-order valence-electron chi connectivity index (χ1n) is 16.2. The first kappa shape index (κ1) is 29.1. The summed E-state index contributed by atoms with van der Waals surface area (Å²) in [6, 6.07) is 0. The lowest BCUT2D eigenvalue weighted by atomic mass is 9.44. The summed E-state index contributed by atoms with van der Waals surface area (Å²) in [6.45, 7) is 19.6. The van der Waals surface area contributed by atoms with Crippen LogP contribution in [-0.2, 0) is 4.43 Å². The molecule has 0 aromatic heterocycles. The van der Waals surface area contributed by atoms with Gasteiger partial charge in [-0.05, 0) is 117 Å². The van der Waals surface area contributed by atoms with Crippen LogP contribution in [0.2, 0.25) is 18.1 Å². The molecule has 0 amide bonds. The van der Waals surface area contributed by atoms with Gasteiger partial charge < -0.3 is 9.53 Å². The van der Waals surface area contributed by atoms with Gasteiger partial charge in [-0.25, -0.2) is 0 Å². The SMILES string of the molecule is CCCCCCCC[C@]1(O)CC[C@@]2(C)C(CC[C@H]3[C@@H]4CC[C@H](O[Si](C)(C)C(C)(C)C)[C@@]4(C)CC[C@@H]32)C1. The Bertz CT molecular complexity index is 742. The first-order chi connectivity index (χ1) is 16.8. The highest BCUT2D eigenvalue weighted by atomic mass is 28.4. The summed E-state index contributed by atoms with van der Waals surface area (Å²) >= 11 is 0. The average Bonchev–Trinajstić information content (AvgIpc) is 3.12. The Kier molecular flexibility index (Phi) is 8.58. The molecule has 3 heteroatoms. The van der Waals surface area contributed by atoms with Gasteiger partial charge >= 0.3 is 0 Å². The molecule has 2 nitrogen and oxygen atoms in total. The van der Waals surface area contributed by atoms with Gasteiger partial charge in [-0.3, -0.25) is 0 Å². The van der Waals surface area contributed by atoms with Gasteiger partial charge in [0.15, 0.2) is 8.32 Å². The Morgan fingerprint density at radius 2 is 1.47 bits per heavy atom. The standard InChI is InChI=1S/C33H62O2Si/c1-9-10-11-12-13-14-20-33(34)23-22-31(5)25(24-33)15-16-26-27-17-18-29(32(27,6)21-19-28(26)31)35-36(7,8)30(2,3)4/h25-29,34H,9-24H2,1-8H3/t25?,26-,27-,28-,29-,31-,32-,33-/m0/s1. The van der Waals surface area contributed by atoms with Crippen LogP contribution in [0.15, 0.2) is 0 Å². The molecule has 210 valence electrons. The maximum Gasteiger partial charge on any atom is 0.192 e. The van der Waals surface area contributed by atoms with Gasteiger partial charge in [-0.2, -0.15) is 0 Å². The van der Waals surface area contributed by atoms with E-state index in [2.05, 4.69) is 54.6 Å². The number of hydrogen-bond acceptors (Lipinski definition) is 2. The second-order valence-electron chi connectivity index (χ2n) is 16.1. The predicted molar refractivity (Wildman–Crippen MR) is 157 cm³/mol. The zero-order chi connectivity index (χ0) is 26.4. The summed E-state index contributed by atoms with van der Waals surface area (Å²) in [7, 11) is -1.74. The Morgan fingerprint density at radius 3 is 2.17 bits per heavy atom. The van der Waals surface area contributed by atoms with Gasteiger partial charge in [-0.15, -0.1) is 0 Å². The van der Waals surface area contributed by atoms with Gasteiger partial charge in [-0.1, -0.05) is 80.1 Å². The monoisotopic (exact) mass is 518 g/mol. The lowest BCUT2D eigenvalue weighted by Crippen LogP contribution is -2.57. The van der Waals surface area contributed by atoms with E-state index in [4.69, 9.17) is 4.43 Å². The Hall–Kier alpha value is 0.137. The van der Waals surface area contributed by atoms with Crippen molar-refractivity contribution in [3.8, 4) is 0 Å². The van der Waals surface area contributed by atoms with Crippen molar-refractivity contribution in [2.24, 2.45) is 34.5 Å². The highest BCUT2D eigenvalue weighted by molar-refractivity contribution is 6.74. The van der Waals surface area contributed by atoms with E-state index < -0.39 is 8.32 Å². The summed E-state index contributed by atoms with van der Waals surface area (Å²) in [5.74, 6) is 3.36. The van der Waals surface area contributed by atoms with Crippen molar-refractivity contribution in [1.82, 2.24) is 0 Å². The average molecular weight is 519 g/mol. The topological polar surface area (TPSA) is 29.5 Å². The van der Waals surface area contributed by atoms with Gasteiger partial charge in [0.2, 0.25) is 0 Å². The van der Waals surface area contributed by atoms with Crippen LogP contribution >= 0.6 is 0 Å². The van der Waals surface area contributed by atoms with Crippen LogP contribution in [0.4, 0.5) is 0 Å². The molecule has 36 heavy (non-hydrogen) atoms. The minimum Gasteiger partial charge on any atom is -0.413 e. The zero-order valence-electron chi connectivity index (χ0n) is 25.6. The van der Waals surface area contributed by atoms with E-state index in [0.717, 1.165) is 42.9 Å². The van der Waals surface area contributed by atoms with Crippen LogP contribution in [-0.4, -0.2) is 25.1 Å². The van der Waals surface area contributed by atoms with Gasteiger partial charge in [0.1, 0.15) is 0 Å². The molecule has 0 aliphatic heterocycles. The van der Waals surface area contributed by atoms with Gasteiger partial charge in [0.05, 0.1) is 11.7 Å². The minimum atomic E-state index is -1.74. The van der Waals surface area contributed by atoms with Crippen LogP contribution in [0, 0.1) is 34.5 Å². The summed E-state index contributed by atoms with van der Waals surface area (Å²) in [5.41, 5.74) is 0.462. The Labute approximate surface area is 226 Å². The molecule has 0 aromatic rings. The summed E-state index contributed by atoms with van der Waals surface area (Å²) in [6.07, 6.45) is 21.1. The summed E-state index contributed by atoms with van der Waals surface area (Å²) < 4.78 is 7.15. The normalized spacial score (nSPS) is 43.1. The van der Waals surface area contributed by atoms with E-state index in [1.165, 1.54) is 83.5 Å². The number of aliphatic hydroxyl groups is 1. The smallest absolute Gasteiger partial charge is 0.192 e. The number of unbranched alkanes of at least 4 members (excludes halogenated alkanes) is 5. The van der Waals surface area contributed by atoms with Crippen LogP contribution in [0.3, 0.4) is 0 Å². The third-order valence-corrected chi connectivity index (χ3v) is 17.5. The van der Waals surface area contributed by atoms with Gasteiger partial charge in [0.25, 0.3) is 0 Å². The molecule has 1 N–H and O–H groups in total. The molecule has 4 fully saturated rings. The molecule has 0 heterocycles. The molecule has 0 aromatic carbocycles. The predicted octanol–water partition coefficient (Wildman–Crippen LogP) is 9.90. The van der Waals surface area contributed by atoms with Crippen molar-refractivity contribution >= 4 is 8.32 Å². The molecular weight excluding hydrogens is 456 g/mol. The van der Waals surface area contributed by atoms with Crippen molar-refractivity contribution in [1.29, 1.82) is 0 Å². The van der Waals surface area contributed by atoms with E-state index >= 15 is 0 Å². The first-order valence-corrected chi connectivity index (χ1v) is 19.1. The fraction of sp³-hybridized carbons (Fsp3) is 1.00. The zero-order valence-corrected chi connectivity index (χ0v) is 26.6. The van der Waals surface area contributed by atoms with Crippen molar-refractivity contribution in [3.63, 3.8) is 0 Å². The summed E-state index contributed by atoms with van der Waals surface area (Å²) in [4.78, 5) is 0. The number of rotatable bonds is 9. The maximum atomic E-state index is 11.6. The van der Waals surface area contributed by atoms with Crippen molar-refractivity contribution < 1.29 is 9.53 Å². The molecular formula is C33H62O2Si. The molecule has 1 unspecified atom stereocenters. The van der Waals surface area contributed by atoms with Crippen LogP contribution in [0.1, 0.15) is 144 Å². The number of hydrogen-bond donors (Lipinski definition) is 1. The Morgan fingerprint density at radius 1 is 0.806 bits per heavy atom. The lowest BCUT2D eigenvalue weighted by Gasteiger charge is -2.62. The molecule has 4 saturated carbocycles.